The van der Waals surface area contributed by atoms with E-state index in [1.54, 1.807) is 6.33 Å². The van der Waals surface area contributed by atoms with Gasteiger partial charge in [-0.2, -0.15) is 0 Å². The number of aliphatic hydroxyl groups is 1. The smallest absolute Gasteiger partial charge is 0.132 e. The first-order chi connectivity index (χ1) is 11.1. The Bertz CT molecular complexity index is 507. The van der Waals surface area contributed by atoms with Gasteiger partial charge in [0.15, 0.2) is 0 Å². The van der Waals surface area contributed by atoms with Crippen molar-refractivity contribution in [1.29, 1.82) is 0 Å². The van der Waals surface area contributed by atoms with E-state index in [4.69, 9.17) is 0 Å². The first kappa shape index (κ1) is 16.7. The topological polar surface area (TPSA) is 52.5 Å². The second kappa shape index (κ2) is 7.14. The third kappa shape index (κ3) is 4.21. The molecule has 0 unspecified atom stereocenters. The summed E-state index contributed by atoms with van der Waals surface area (Å²) in [6.07, 6.45) is 9.53. The van der Waals surface area contributed by atoms with Crippen LogP contribution in [0.2, 0.25) is 0 Å². The summed E-state index contributed by atoms with van der Waals surface area (Å²) in [6, 6.07) is 2.58. The maximum absolute atomic E-state index is 10.7. The summed E-state index contributed by atoms with van der Waals surface area (Å²) in [5, 5.41) is 10.7. The van der Waals surface area contributed by atoms with Crippen LogP contribution >= 0.6 is 0 Å². The van der Waals surface area contributed by atoms with Crippen LogP contribution in [-0.4, -0.2) is 58.3 Å². The second-order valence-corrected chi connectivity index (χ2v) is 7.42. The van der Waals surface area contributed by atoms with Crippen LogP contribution in [0.25, 0.3) is 0 Å². The van der Waals surface area contributed by atoms with Crippen LogP contribution in [-0.2, 0) is 0 Å². The van der Waals surface area contributed by atoms with Crippen LogP contribution < -0.4 is 4.90 Å². The highest BCUT2D eigenvalue weighted by atomic mass is 16.3. The molecule has 3 rings (SSSR count). The second-order valence-electron chi connectivity index (χ2n) is 7.42. The van der Waals surface area contributed by atoms with Gasteiger partial charge in [0.25, 0.3) is 0 Å². The number of aryl methyl sites for hydroxylation is 1. The molecule has 2 aliphatic rings. The number of nitrogens with zero attached hydrogens (tertiary/aromatic N) is 4. The molecule has 0 atom stereocenters. The van der Waals surface area contributed by atoms with E-state index in [-0.39, 0.29) is 0 Å². The van der Waals surface area contributed by atoms with Crippen molar-refractivity contribution in [1.82, 2.24) is 14.9 Å². The Hall–Kier alpha value is -1.20. The van der Waals surface area contributed by atoms with Crippen LogP contribution in [0, 0.1) is 6.92 Å². The van der Waals surface area contributed by atoms with Crippen molar-refractivity contribution in [3.63, 3.8) is 0 Å². The minimum atomic E-state index is -0.430. The highest BCUT2D eigenvalue weighted by Crippen LogP contribution is 2.30. The number of likely N-dealkylation sites (tertiary alicyclic amines) is 1. The largest absolute Gasteiger partial charge is 0.389 e. The molecule has 2 fully saturated rings. The number of anilines is 1. The van der Waals surface area contributed by atoms with Crippen LogP contribution in [0.3, 0.4) is 0 Å². The zero-order valence-electron chi connectivity index (χ0n) is 14.5. The Morgan fingerprint density at radius 2 is 1.91 bits per heavy atom. The quantitative estimate of drug-likeness (QED) is 0.924. The van der Waals surface area contributed by atoms with Gasteiger partial charge in [0.2, 0.25) is 0 Å². The first-order valence-electron chi connectivity index (χ1n) is 9.02. The van der Waals surface area contributed by atoms with E-state index in [9.17, 15) is 5.11 Å². The molecule has 5 heteroatoms. The van der Waals surface area contributed by atoms with Crippen LogP contribution in [0.15, 0.2) is 12.4 Å². The van der Waals surface area contributed by atoms with Gasteiger partial charge in [0.05, 0.1) is 5.60 Å². The summed E-state index contributed by atoms with van der Waals surface area (Å²) in [7, 11) is 2.14. The Balaban J connectivity index is 1.52. The molecule has 5 nitrogen and oxygen atoms in total. The predicted octanol–water partition coefficient (Wildman–Crippen LogP) is 2.38. The van der Waals surface area contributed by atoms with Crippen molar-refractivity contribution < 1.29 is 5.11 Å². The lowest BCUT2D eigenvalue weighted by atomic mass is 9.84. The molecule has 0 bridgehead atoms. The molecule has 1 saturated carbocycles. The molecule has 23 heavy (non-hydrogen) atoms. The Morgan fingerprint density at radius 3 is 2.57 bits per heavy atom. The SMILES string of the molecule is Cc1cc(N(C)C2CCN(CC3(O)CCCCC3)CC2)ncn1. The van der Waals surface area contributed by atoms with Gasteiger partial charge in [-0.1, -0.05) is 19.3 Å². The van der Waals surface area contributed by atoms with Crippen molar-refractivity contribution >= 4 is 5.82 Å². The van der Waals surface area contributed by atoms with Crippen molar-refractivity contribution in [2.45, 2.75) is 63.5 Å². The monoisotopic (exact) mass is 318 g/mol. The molecule has 0 aromatic carbocycles. The van der Waals surface area contributed by atoms with E-state index >= 15 is 0 Å². The first-order valence-corrected chi connectivity index (χ1v) is 9.02. The molecule has 1 N–H and O–H groups in total. The minimum Gasteiger partial charge on any atom is -0.389 e. The fourth-order valence-electron chi connectivity index (χ4n) is 4.07. The zero-order chi connectivity index (χ0) is 16.3. The van der Waals surface area contributed by atoms with Gasteiger partial charge in [-0.25, -0.2) is 9.97 Å². The molecule has 128 valence electrons. The van der Waals surface area contributed by atoms with Gasteiger partial charge in [0, 0.05) is 44.5 Å². The van der Waals surface area contributed by atoms with Crippen molar-refractivity contribution in [3.05, 3.63) is 18.1 Å². The zero-order valence-corrected chi connectivity index (χ0v) is 14.5. The number of rotatable bonds is 4. The van der Waals surface area contributed by atoms with E-state index < -0.39 is 5.60 Å². The molecular weight excluding hydrogens is 288 g/mol. The Kier molecular flexibility index (Phi) is 5.17. The molecule has 0 amide bonds. The fraction of sp³-hybridized carbons (Fsp3) is 0.778. The summed E-state index contributed by atoms with van der Waals surface area (Å²) in [5.74, 6) is 1.02. The summed E-state index contributed by atoms with van der Waals surface area (Å²) in [5.41, 5.74) is 0.583. The highest BCUT2D eigenvalue weighted by Gasteiger charge is 2.33. The molecule has 1 saturated heterocycles. The van der Waals surface area contributed by atoms with Gasteiger partial charge in [0.1, 0.15) is 12.1 Å². The number of hydrogen-bond donors (Lipinski definition) is 1. The van der Waals surface area contributed by atoms with Gasteiger partial charge in [-0.15, -0.1) is 0 Å². The summed E-state index contributed by atoms with van der Waals surface area (Å²) in [6.45, 7) is 5.01. The lowest BCUT2D eigenvalue weighted by molar-refractivity contribution is -0.0306. The van der Waals surface area contributed by atoms with Gasteiger partial charge in [-0.3, -0.25) is 0 Å². The standard InChI is InChI=1S/C18H30N4O/c1-15-12-17(20-14-19-15)21(2)16-6-10-22(11-7-16)13-18(23)8-4-3-5-9-18/h12,14,16,23H,3-11,13H2,1-2H3. The average Bonchev–Trinajstić information content (AvgIpc) is 2.55. The third-order valence-corrected chi connectivity index (χ3v) is 5.56. The van der Waals surface area contributed by atoms with E-state index in [0.717, 1.165) is 56.8 Å². The molecule has 1 aromatic heterocycles. The predicted molar refractivity (Wildman–Crippen MR) is 92.7 cm³/mol. The highest BCUT2D eigenvalue weighted by molar-refractivity contribution is 5.39. The minimum absolute atomic E-state index is 0.430. The maximum Gasteiger partial charge on any atom is 0.132 e. The molecule has 2 heterocycles. The van der Waals surface area contributed by atoms with Gasteiger partial charge in [-0.05, 0) is 32.6 Å². The average molecular weight is 318 g/mol. The number of aromatic nitrogens is 2. The van der Waals surface area contributed by atoms with Crippen LogP contribution in [0.4, 0.5) is 5.82 Å². The Labute approximate surface area is 139 Å². The van der Waals surface area contributed by atoms with Crippen LogP contribution in [0.1, 0.15) is 50.6 Å². The number of β-amino-alcohol motifs (C(OH)–C–C–N with tert-alkyl or cyclic N) is 1. The van der Waals surface area contributed by atoms with E-state index in [0.29, 0.717) is 6.04 Å². The van der Waals surface area contributed by atoms with E-state index in [1.807, 2.05) is 6.92 Å². The maximum atomic E-state index is 10.7. The lowest BCUT2D eigenvalue weighted by Gasteiger charge is -2.42. The Morgan fingerprint density at radius 1 is 1.22 bits per heavy atom. The molecule has 0 radical (unpaired) electrons. The molecule has 0 spiro atoms. The van der Waals surface area contributed by atoms with Crippen molar-refractivity contribution in [2.75, 3.05) is 31.6 Å². The summed E-state index contributed by atoms with van der Waals surface area (Å²) in [4.78, 5) is 13.3. The van der Waals surface area contributed by atoms with Crippen molar-refractivity contribution in [3.8, 4) is 0 Å². The fourth-order valence-corrected chi connectivity index (χ4v) is 4.07. The van der Waals surface area contributed by atoms with Gasteiger partial charge >= 0.3 is 0 Å². The molecular formula is C18H30N4O. The number of piperidine rings is 1. The number of hydrogen-bond acceptors (Lipinski definition) is 5. The molecule has 1 aliphatic carbocycles. The van der Waals surface area contributed by atoms with E-state index in [2.05, 4.69) is 32.9 Å². The van der Waals surface area contributed by atoms with Gasteiger partial charge < -0.3 is 14.9 Å². The van der Waals surface area contributed by atoms with Crippen molar-refractivity contribution in [2.24, 2.45) is 0 Å². The normalized spacial score (nSPS) is 22.9. The van der Waals surface area contributed by atoms with Crippen LogP contribution in [0.5, 0.6) is 0 Å². The summed E-state index contributed by atoms with van der Waals surface area (Å²) >= 11 is 0. The third-order valence-electron chi connectivity index (χ3n) is 5.56. The van der Waals surface area contributed by atoms with E-state index in [1.165, 1.54) is 19.3 Å². The summed E-state index contributed by atoms with van der Waals surface area (Å²) < 4.78 is 0. The molecule has 1 aliphatic heterocycles. The molecule has 1 aromatic rings. The lowest BCUT2D eigenvalue weighted by Crippen LogP contribution is -2.50.